The van der Waals surface area contributed by atoms with Gasteiger partial charge in [0, 0.05) is 18.5 Å². The van der Waals surface area contributed by atoms with E-state index < -0.39 is 0 Å². The molecular formula is C21H26N2O3S. The Bertz CT molecular complexity index is 813. The summed E-state index contributed by atoms with van der Waals surface area (Å²) < 4.78 is 5.62. The van der Waals surface area contributed by atoms with Gasteiger partial charge in [0.15, 0.2) is 12.4 Å². The fourth-order valence-corrected chi connectivity index (χ4v) is 4.44. The SMILES string of the molecule is CC(=O)c1sc(-c2ccc(OCC(=O)N[C@H]3CCCC[C@@H]3C)cc2)nc1C. The molecule has 1 amide bonds. The number of nitrogens with zero attached hydrogens (tertiary/aromatic N) is 1. The van der Waals surface area contributed by atoms with Gasteiger partial charge in [-0.05, 0) is 49.9 Å². The molecule has 27 heavy (non-hydrogen) atoms. The highest BCUT2D eigenvalue weighted by molar-refractivity contribution is 7.17. The molecular weight excluding hydrogens is 360 g/mol. The predicted molar refractivity (Wildman–Crippen MR) is 107 cm³/mol. The van der Waals surface area contributed by atoms with Crippen molar-refractivity contribution >= 4 is 23.0 Å². The number of aromatic nitrogens is 1. The van der Waals surface area contributed by atoms with Crippen LogP contribution in [0.1, 0.15) is 54.9 Å². The second-order valence-corrected chi connectivity index (χ2v) is 8.24. The van der Waals surface area contributed by atoms with Gasteiger partial charge in [-0.25, -0.2) is 4.98 Å². The molecule has 1 saturated carbocycles. The van der Waals surface area contributed by atoms with Crippen LogP contribution in [0.3, 0.4) is 0 Å². The number of rotatable bonds is 6. The molecule has 2 aromatic rings. The molecule has 144 valence electrons. The van der Waals surface area contributed by atoms with E-state index in [1.54, 1.807) is 6.92 Å². The molecule has 0 radical (unpaired) electrons. The lowest BCUT2D eigenvalue weighted by Gasteiger charge is -2.29. The van der Waals surface area contributed by atoms with Crippen LogP contribution in [-0.4, -0.2) is 29.3 Å². The first-order valence-electron chi connectivity index (χ1n) is 9.45. The first-order chi connectivity index (χ1) is 12.9. The van der Waals surface area contributed by atoms with E-state index in [0.29, 0.717) is 16.5 Å². The summed E-state index contributed by atoms with van der Waals surface area (Å²) in [6.07, 6.45) is 4.66. The van der Waals surface area contributed by atoms with Gasteiger partial charge in [0.2, 0.25) is 0 Å². The van der Waals surface area contributed by atoms with Gasteiger partial charge in [0.05, 0.1) is 10.6 Å². The maximum Gasteiger partial charge on any atom is 0.258 e. The van der Waals surface area contributed by atoms with Gasteiger partial charge in [-0.1, -0.05) is 19.8 Å². The van der Waals surface area contributed by atoms with Crippen molar-refractivity contribution in [1.29, 1.82) is 0 Å². The fraction of sp³-hybridized carbons (Fsp3) is 0.476. The molecule has 0 spiro atoms. The second-order valence-electron chi connectivity index (χ2n) is 7.24. The second kappa shape index (κ2) is 8.65. The van der Waals surface area contributed by atoms with Crippen molar-refractivity contribution in [2.75, 3.05) is 6.61 Å². The van der Waals surface area contributed by atoms with E-state index in [0.717, 1.165) is 22.7 Å². The number of hydrogen-bond acceptors (Lipinski definition) is 5. The third-order valence-electron chi connectivity index (χ3n) is 5.05. The minimum Gasteiger partial charge on any atom is -0.484 e. The third-order valence-corrected chi connectivity index (χ3v) is 6.35. The van der Waals surface area contributed by atoms with Gasteiger partial charge in [-0.15, -0.1) is 11.3 Å². The Labute approximate surface area is 164 Å². The van der Waals surface area contributed by atoms with E-state index >= 15 is 0 Å². The van der Waals surface area contributed by atoms with Crippen molar-refractivity contribution in [3.63, 3.8) is 0 Å². The molecule has 1 fully saturated rings. The number of Topliss-reactive ketones (excluding diaryl/α,β-unsaturated/α-hetero) is 1. The lowest BCUT2D eigenvalue weighted by atomic mass is 9.86. The zero-order valence-electron chi connectivity index (χ0n) is 16.1. The maximum absolute atomic E-state index is 12.1. The first-order valence-corrected chi connectivity index (χ1v) is 10.3. The van der Waals surface area contributed by atoms with Crippen LogP contribution in [0, 0.1) is 12.8 Å². The van der Waals surface area contributed by atoms with E-state index in [1.807, 2.05) is 31.2 Å². The smallest absolute Gasteiger partial charge is 0.258 e. The molecule has 0 saturated heterocycles. The van der Waals surface area contributed by atoms with E-state index in [9.17, 15) is 9.59 Å². The molecule has 0 bridgehead atoms. The average Bonchev–Trinajstić information content (AvgIpc) is 3.04. The largest absolute Gasteiger partial charge is 0.484 e. The first kappa shape index (κ1) is 19.5. The van der Waals surface area contributed by atoms with Crippen LogP contribution in [0.25, 0.3) is 10.6 Å². The van der Waals surface area contributed by atoms with Gasteiger partial charge < -0.3 is 10.1 Å². The number of nitrogens with one attached hydrogen (secondary N) is 1. The topological polar surface area (TPSA) is 68.3 Å². The highest BCUT2D eigenvalue weighted by atomic mass is 32.1. The maximum atomic E-state index is 12.1. The Balaban J connectivity index is 1.55. The van der Waals surface area contributed by atoms with Crippen molar-refractivity contribution < 1.29 is 14.3 Å². The molecule has 1 aromatic heterocycles. The number of aryl methyl sites for hydroxylation is 1. The molecule has 6 heteroatoms. The van der Waals surface area contributed by atoms with Crippen LogP contribution in [-0.2, 0) is 4.79 Å². The summed E-state index contributed by atoms with van der Waals surface area (Å²) in [5, 5.41) is 3.90. The van der Waals surface area contributed by atoms with Gasteiger partial charge >= 0.3 is 0 Å². The standard InChI is InChI=1S/C21H26N2O3S/c1-13-6-4-5-7-18(13)23-19(25)12-26-17-10-8-16(9-11-17)21-22-14(2)20(27-21)15(3)24/h8-11,13,18H,4-7,12H2,1-3H3,(H,23,25)/t13-,18-/m0/s1. The van der Waals surface area contributed by atoms with E-state index in [2.05, 4.69) is 17.2 Å². The minimum absolute atomic E-state index is 0.0212. The summed E-state index contributed by atoms with van der Waals surface area (Å²) in [5.74, 6) is 1.14. The van der Waals surface area contributed by atoms with E-state index in [1.165, 1.54) is 30.6 Å². The summed E-state index contributed by atoms with van der Waals surface area (Å²) >= 11 is 1.40. The van der Waals surface area contributed by atoms with Gasteiger partial charge in [-0.2, -0.15) is 0 Å². The van der Waals surface area contributed by atoms with Crippen molar-refractivity contribution in [2.24, 2.45) is 5.92 Å². The quantitative estimate of drug-likeness (QED) is 0.748. The number of carbonyl (C=O) groups is 2. The summed E-state index contributed by atoms with van der Waals surface area (Å²) in [7, 11) is 0. The molecule has 3 rings (SSSR count). The number of carbonyl (C=O) groups excluding carboxylic acids is 2. The lowest BCUT2D eigenvalue weighted by Crippen LogP contribution is -2.43. The molecule has 1 aromatic carbocycles. The molecule has 1 aliphatic carbocycles. The van der Waals surface area contributed by atoms with Crippen LogP contribution in [0.15, 0.2) is 24.3 Å². The highest BCUT2D eigenvalue weighted by Gasteiger charge is 2.22. The van der Waals surface area contributed by atoms with Gasteiger partial charge in [-0.3, -0.25) is 9.59 Å². The molecule has 0 aliphatic heterocycles. The number of benzene rings is 1. The summed E-state index contributed by atoms with van der Waals surface area (Å²) in [6, 6.07) is 7.73. The highest BCUT2D eigenvalue weighted by Crippen LogP contribution is 2.29. The zero-order chi connectivity index (χ0) is 19.4. The van der Waals surface area contributed by atoms with E-state index in [4.69, 9.17) is 4.74 Å². The number of thiazole rings is 1. The molecule has 2 atom stereocenters. The Hall–Kier alpha value is -2.21. The molecule has 1 heterocycles. The Morgan fingerprint density at radius 2 is 1.93 bits per heavy atom. The van der Waals surface area contributed by atoms with Gasteiger partial charge in [0.1, 0.15) is 10.8 Å². The van der Waals surface area contributed by atoms with Crippen LogP contribution in [0.4, 0.5) is 0 Å². The van der Waals surface area contributed by atoms with Crippen molar-refractivity contribution in [3.05, 3.63) is 34.8 Å². The summed E-state index contributed by atoms with van der Waals surface area (Å²) in [4.78, 5) is 28.9. The monoisotopic (exact) mass is 386 g/mol. The molecule has 1 N–H and O–H groups in total. The average molecular weight is 387 g/mol. The number of amides is 1. The number of hydrogen-bond donors (Lipinski definition) is 1. The number of ether oxygens (including phenoxy) is 1. The van der Waals surface area contributed by atoms with Crippen molar-refractivity contribution in [1.82, 2.24) is 10.3 Å². The van der Waals surface area contributed by atoms with Crippen LogP contribution < -0.4 is 10.1 Å². The third kappa shape index (κ3) is 4.95. The zero-order valence-corrected chi connectivity index (χ0v) is 16.9. The normalized spacial score (nSPS) is 19.5. The van der Waals surface area contributed by atoms with Crippen LogP contribution >= 0.6 is 11.3 Å². The Morgan fingerprint density at radius 1 is 1.22 bits per heavy atom. The summed E-state index contributed by atoms with van der Waals surface area (Å²) in [6.45, 7) is 5.62. The minimum atomic E-state index is -0.0699. The lowest BCUT2D eigenvalue weighted by molar-refractivity contribution is -0.124. The Kier molecular flexibility index (Phi) is 6.26. The van der Waals surface area contributed by atoms with E-state index in [-0.39, 0.29) is 24.3 Å². The Morgan fingerprint density at radius 3 is 2.56 bits per heavy atom. The predicted octanol–water partition coefficient (Wildman–Crippen LogP) is 4.39. The van der Waals surface area contributed by atoms with Crippen molar-refractivity contribution in [3.8, 4) is 16.3 Å². The molecule has 5 nitrogen and oxygen atoms in total. The van der Waals surface area contributed by atoms with Crippen LogP contribution in [0.5, 0.6) is 5.75 Å². The molecule has 0 unspecified atom stereocenters. The summed E-state index contributed by atoms with van der Waals surface area (Å²) in [5.41, 5.74) is 1.69. The fourth-order valence-electron chi connectivity index (χ4n) is 3.47. The molecule has 1 aliphatic rings. The van der Waals surface area contributed by atoms with Crippen LogP contribution in [0.2, 0.25) is 0 Å². The number of ketones is 1. The van der Waals surface area contributed by atoms with Gasteiger partial charge in [0.25, 0.3) is 5.91 Å². The van der Waals surface area contributed by atoms with Crippen molar-refractivity contribution in [2.45, 2.75) is 52.5 Å².